The molecule has 5 nitrogen and oxygen atoms in total. The predicted molar refractivity (Wildman–Crippen MR) is 69.9 cm³/mol. The number of H-pyrrole nitrogens is 1. The van der Waals surface area contributed by atoms with Gasteiger partial charge in [0.05, 0.1) is 5.69 Å². The van der Waals surface area contributed by atoms with Gasteiger partial charge in [-0.15, -0.1) is 11.3 Å². The van der Waals surface area contributed by atoms with Crippen molar-refractivity contribution in [2.75, 3.05) is 0 Å². The number of aromatic amines is 1. The second kappa shape index (κ2) is 3.78. The van der Waals surface area contributed by atoms with Crippen LogP contribution in [0.4, 0.5) is 0 Å². The van der Waals surface area contributed by atoms with Crippen molar-refractivity contribution in [2.24, 2.45) is 0 Å². The van der Waals surface area contributed by atoms with E-state index < -0.39 is 0 Å². The van der Waals surface area contributed by atoms with Crippen molar-refractivity contribution in [1.82, 2.24) is 24.1 Å². The van der Waals surface area contributed by atoms with Gasteiger partial charge in [0, 0.05) is 18.1 Å². The van der Waals surface area contributed by atoms with Crippen LogP contribution < -0.4 is 0 Å². The molecule has 0 saturated carbocycles. The summed E-state index contributed by atoms with van der Waals surface area (Å²) >= 11 is 6.83. The number of thiazole rings is 1. The van der Waals surface area contributed by atoms with Crippen molar-refractivity contribution in [3.05, 3.63) is 22.0 Å². The van der Waals surface area contributed by atoms with Crippen LogP contribution in [0.5, 0.6) is 0 Å². The van der Waals surface area contributed by atoms with Gasteiger partial charge in [0.15, 0.2) is 15.6 Å². The van der Waals surface area contributed by atoms with E-state index >= 15 is 0 Å². The lowest BCUT2D eigenvalue weighted by Crippen LogP contribution is -2.00. The number of aromatic nitrogens is 5. The molecular weight excluding hydrogens is 254 g/mol. The molecule has 3 rings (SSSR count). The van der Waals surface area contributed by atoms with Gasteiger partial charge in [-0.1, -0.05) is 0 Å². The number of imidazole rings is 1. The van der Waals surface area contributed by atoms with Crippen LogP contribution in [-0.4, -0.2) is 24.1 Å². The molecule has 0 fully saturated rings. The molecule has 0 unspecified atom stereocenters. The highest BCUT2D eigenvalue weighted by molar-refractivity contribution is 7.71. The summed E-state index contributed by atoms with van der Waals surface area (Å²) < 4.78 is 4.67. The molecule has 0 atom stereocenters. The Balaban J connectivity index is 2.36. The number of hydrogen-bond acceptors (Lipinski definition) is 4. The summed E-state index contributed by atoms with van der Waals surface area (Å²) in [7, 11) is 0. The number of fused-ring (bicyclic) bond motifs is 1. The van der Waals surface area contributed by atoms with Crippen LogP contribution in [-0.2, 0) is 6.54 Å². The van der Waals surface area contributed by atoms with E-state index in [1.807, 2.05) is 23.1 Å². The van der Waals surface area contributed by atoms with Crippen LogP contribution >= 0.6 is 23.6 Å². The molecule has 0 saturated heterocycles. The molecule has 88 valence electrons. The second-order valence-corrected chi connectivity index (χ2v) is 4.96. The molecule has 0 aliphatic rings. The van der Waals surface area contributed by atoms with Gasteiger partial charge in [-0.2, -0.15) is 5.10 Å². The third-order valence-electron chi connectivity index (χ3n) is 2.72. The topological polar surface area (TPSA) is 50.9 Å². The van der Waals surface area contributed by atoms with E-state index in [9.17, 15) is 0 Å². The summed E-state index contributed by atoms with van der Waals surface area (Å²) in [4.78, 5) is 5.50. The summed E-state index contributed by atoms with van der Waals surface area (Å²) in [6.45, 7) is 4.84. The predicted octanol–water partition coefficient (Wildman–Crippen LogP) is 2.65. The molecule has 0 radical (unpaired) electrons. The van der Waals surface area contributed by atoms with Gasteiger partial charge >= 0.3 is 0 Å². The van der Waals surface area contributed by atoms with E-state index in [0.717, 1.165) is 28.7 Å². The van der Waals surface area contributed by atoms with Gasteiger partial charge in [0.2, 0.25) is 0 Å². The van der Waals surface area contributed by atoms with E-state index in [4.69, 9.17) is 12.2 Å². The van der Waals surface area contributed by atoms with Crippen LogP contribution in [0.25, 0.3) is 16.5 Å². The smallest absolute Gasteiger partial charge is 0.195 e. The summed E-state index contributed by atoms with van der Waals surface area (Å²) in [5, 5.41) is 9.16. The first-order chi connectivity index (χ1) is 8.22. The van der Waals surface area contributed by atoms with Crippen molar-refractivity contribution in [2.45, 2.75) is 20.4 Å². The lowest BCUT2D eigenvalue weighted by Gasteiger charge is -2.02. The number of nitrogens with zero attached hydrogens (tertiary/aromatic N) is 4. The first kappa shape index (κ1) is 10.7. The quantitative estimate of drug-likeness (QED) is 0.725. The Morgan fingerprint density at radius 3 is 3.12 bits per heavy atom. The Morgan fingerprint density at radius 2 is 2.35 bits per heavy atom. The van der Waals surface area contributed by atoms with Gasteiger partial charge in [-0.05, 0) is 26.1 Å². The highest BCUT2D eigenvalue weighted by atomic mass is 32.1. The Hall–Kier alpha value is -1.47. The van der Waals surface area contributed by atoms with E-state index in [1.165, 1.54) is 0 Å². The molecule has 3 aromatic heterocycles. The molecular formula is C10H11N5S2. The van der Waals surface area contributed by atoms with Gasteiger partial charge in [0.25, 0.3) is 0 Å². The zero-order valence-corrected chi connectivity index (χ0v) is 11.1. The molecule has 0 spiro atoms. The first-order valence-electron chi connectivity index (χ1n) is 5.30. The Morgan fingerprint density at radius 1 is 1.53 bits per heavy atom. The minimum absolute atomic E-state index is 0.645. The monoisotopic (exact) mass is 265 g/mol. The highest BCUT2D eigenvalue weighted by Gasteiger charge is 2.17. The van der Waals surface area contributed by atoms with Crippen LogP contribution in [0.1, 0.15) is 12.6 Å². The lowest BCUT2D eigenvalue weighted by molar-refractivity contribution is 0.752. The second-order valence-electron chi connectivity index (χ2n) is 3.70. The number of nitrogens with one attached hydrogen (secondary N) is 1. The molecule has 7 heteroatoms. The van der Waals surface area contributed by atoms with Crippen molar-refractivity contribution >= 4 is 28.5 Å². The third-order valence-corrected chi connectivity index (χ3v) is 3.79. The van der Waals surface area contributed by atoms with Crippen LogP contribution in [0.2, 0.25) is 0 Å². The molecule has 0 aromatic carbocycles. The van der Waals surface area contributed by atoms with E-state index in [-0.39, 0.29) is 0 Å². The third kappa shape index (κ3) is 1.46. The number of hydrogen-bond donors (Lipinski definition) is 1. The highest BCUT2D eigenvalue weighted by Crippen LogP contribution is 2.25. The molecule has 3 heterocycles. The maximum absolute atomic E-state index is 5.21. The minimum Gasteiger partial charge on any atom is -0.299 e. The van der Waals surface area contributed by atoms with Crippen molar-refractivity contribution in [3.8, 4) is 11.5 Å². The fraction of sp³-hybridized carbons (Fsp3) is 0.300. The SMILES string of the molecule is CCn1c(-c2c(C)nc3sccn23)n[nH]c1=S. The largest absolute Gasteiger partial charge is 0.299 e. The van der Waals surface area contributed by atoms with Crippen LogP contribution in [0, 0.1) is 11.7 Å². The van der Waals surface area contributed by atoms with Gasteiger partial charge in [-0.3, -0.25) is 14.1 Å². The maximum atomic E-state index is 5.21. The van der Waals surface area contributed by atoms with Crippen molar-refractivity contribution in [1.29, 1.82) is 0 Å². The molecule has 0 aliphatic carbocycles. The molecule has 1 N–H and O–H groups in total. The average Bonchev–Trinajstić information content (AvgIpc) is 2.93. The number of rotatable bonds is 2. The zero-order valence-electron chi connectivity index (χ0n) is 9.47. The van der Waals surface area contributed by atoms with E-state index in [1.54, 1.807) is 11.3 Å². The minimum atomic E-state index is 0.645. The Bertz CT molecular complexity index is 729. The van der Waals surface area contributed by atoms with Gasteiger partial charge in [-0.25, -0.2) is 4.98 Å². The zero-order chi connectivity index (χ0) is 12.0. The fourth-order valence-electron chi connectivity index (χ4n) is 1.96. The molecule has 17 heavy (non-hydrogen) atoms. The van der Waals surface area contributed by atoms with Gasteiger partial charge < -0.3 is 0 Å². The summed E-state index contributed by atoms with van der Waals surface area (Å²) in [6.07, 6.45) is 2.01. The standard InChI is InChI=1S/C10H11N5S2/c1-3-14-8(12-13-9(14)16)7-6(2)11-10-15(7)4-5-17-10/h4-5H,3H2,1-2H3,(H,13,16). The van der Waals surface area contributed by atoms with Crippen LogP contribution in [0.3, 0.4) is 0 Å². The maximum Gasteiger partial charge on any atom is 0.195 e. The molecule has 0 bridgehead atoms. The Labute approximate surface area is 107 Å². The molecule has 0 amide bonds. The molecule has 3 aromatic rings. The first-order valence-corrected chi connectivity index (χ1v) is 6.59. The van der Waals surface area contributed by atoms with Crippen LogP contribution in [0.15, 0.2) is 11.6 Å². The van der Waals surface area contributed by atoms with Gasteiger partial charge in [0.1, 0.15) is 5.69 Å². The summed E-state index contributed by atoms with van der Waals surface area (Å²) in [5.74, 6) is 0.848. The van der Waals surface area contributed by atoms with E-state index in [2.05, 4.69) is 26.5 Å². The fourth-order valence-corrected chi connectivity index (χ4v) is 2.98. The average molecular weight is 265 g/mol. The van der Waals surface area contributed by atoms with Crippen molar-refractivity contribution in [3.63, 3.8) is 0 Å². The van der Waals surface area contributed by atoms with E-state index in [0.29, 0.717) is 4.77 Å². The summed E-state index contributed by atoms with van der Waals surface area (Å²) in [6, 6.07) is 0. The molecule has 0 aliphatic heterocycles. The number of aryl methyl sites for hydroxylation is 1. The lowest BCUT2D eigenvalue weighted by atomic mass is 10.3. The van der Waals surface area contributed by atoms with Crippen molar-refractivity contribution < 1.29 is 0 Å². The summed E-state index contributed by atoms with van der Waals surface area (Å²) in [5.41, 5.74) is 1.98. The Kier molecular flexibility index (Phi) is 2.37. The normalized spacial score (nSPS) is 11.4.